The van der Waals surface area contributed by atoms with E-state index in [4.69, 9.17) is 27.9 Å². The third-order valence-electron chi connectivity index (χ3n) is 4.05. The van der Waals surface area contributed by atoms with E-state index in [9.17, 15) is 9.59 Å². The predicted molar refractivity (Wildman–Crippen MR) is 98.8 cm³/mol. The Morgan fingerprint density at radius 2 is 2.04 bits per heavy atom. The lowest BCUT2D eigenvalue weighted by Gasteiger charge is -2.22. The van der Waals surface area contributed by atoms with Crippen LogP contribution in [-0.2, 0) is 14.3 Å². The van der Waals surface area contributed by atoms with Gasteiger partial charge in [-0.25, -0.2) is 0 Å². The maximum atomic E-state index is 12.4. The molecular formula is C18H24Cl2N2O3. The van der Waals surface area contributed by atoms with E-state index in [1.165, 1.54) is 0 Å². The molecule has 0 bridgehead atoms. The van der Waals surface area contributed by atoms with Gasteiger partial charge in [0.1, 0.15) is 0 Å². The van der Waals surface area contributed by atoms with E-state index in [0.717, 1.165) is 24.9 Å². The highest BCUT2D eigenvalue weighted by Gasteiger charge is 2.27. The van der Waals surface area contributed by atoms with Gasteiger partial charge in [0.2, 0.25) is 5.91 Å². The second-order valence-electron chi connectivity index (χ2n) is 6.37. The van der Waals surface area contributed by atoms with Gasteiger partial charge in [0.15, 0.2) is 0 Å². The summed E-state index contributed by atoms with van der Waals surface area (Å²) in [5.41, 5.74) is 0.804. The number of hydrogen-bond acceptors (Lipinski definition) is 4. The number of rotatable bonds is 9. The Labute approximate surface area is 158 Å². The highest BCUT2D eigenvalue weighted by Crippen LogP contribution is 2.29. The summed E-state index contributed by atoms with van der Waals surface area (Å²) in [7, 11) is 0. The molecule has 138 valence electrons. The van der Waals surface area contributed by atoms with Gasteiger partial charge in [-0.3, -0.25) is 14.5 Å². The van der Waals surface area contributed by atoms with Gasteiger partial charge in [-0.2, -0.15) is 0 Å². The summed E-state index contributed by atoms with van der Waals surface area (Å²) < 4.78 is 4.99. The lowest BCUT2D eigenvalue weighted by Crippen LogP contribution is -2.42. The molecule has 1 unspecified atom stereocenters. The van der Waals surface area contributed by atoms with Crippen LogP contribution in [0.2, 0.25) is 10.0 Å². The zero-order valence-corrected chi connectivity index (χ0v) is 16.1. The summed E-state index contributed by atoms with van der Waals surface area (Å²) in [6.07, 6.45) is 2.30. The smallest absolute Gasteiger partial charge is 0.320 e. The molecule has 1 aromatic carbocycles. The van der Waals surface area contributed by atoms with Gasteiger partial charge in [-0.05, 0) is 50.3 Å². The number of halogens is 2. The maximum absolute atomic E-state index is 12.4. The molecule has 7 heteroatoms. The predicted octanol–water partition coefficient (Wildman–Crippen LogP) is 3.45. The quantitative estimate of drug-likeness (QED) is 0.660. The Kier molecular flexibility index (Phi) is 7.54. The van der Waals surface area contributed by atoms with Crippen molar-refractivity contribution in [3.63, 3.8) is 0 Å². The third-order valence-corrected chi connectivity index (χ3v) is 4.61. The van der Waals surface area contributed by atoms with E-state index >= 15 is 0 Å². The van der Waals surface area contributed by atoms with Crippen molar-refractivity contribution in [3.05, 3.63) is 33.8 Å². The first kappa shape index (κ1) is 20.0. The van der Waals surface area contributed by atoms with Gasteiger partial charge in [0.05, 0.1) is 25.7 Å². The molecule has 0 aliphatic heterocycles. The molecule has 5 nitrogen and oxygen atoms in total. The Balaban J connectivity index is 1.91. The maximum Gasteiger partial charge on any atom is 0.320 e. The van der Waals surface area contributed by atoms with Crippen LogP contribution in [0.15, 0.2) is 18.2 Å². The SMILES string of the molecule is CCOC(=O)CN(CC(=O)NC(C)c1ccc(Cl)cc1Cl)CC1CC1. The van der Waals surface area contributed by atoms with Crippen LogP contribution in [0.1, 0.15) is 38.3 Å². The normalized spacial score (nSPS) is 15.1. The van der Waals surface area contributed by atoms with Crippen molar-refractivity contribution in [2.75, 3.05) is 26.2 Å². The van der Waals surface area contributed by atoms with Gasteiger partial charge >= 0.3 is 5.97 Å². The lowest BCUT2D eigenvalue weighted by atomic mass is 10.1. The summed E-state index contributed by atoms with van der Waals surface area (Å²) >= 11 is 12.1. The van der Waals surface area contributed by atoms with Crippen LogP contribution in [0, 0.1) is 5.92 Å². The molecule has 0 radical (unpaired) electrons. The fourth-order valence-corrected chi connectivity index (χ4v) is 3.23. The highest BCUT2D eigenvalue weighted by molar-refractivity contribution is 6.35. The summed E-state index contributed by atoms with van der Waals surface area (Å²) in [4.78, 5) is 26.0. The minimum atomic E-state index is -0.301. The fourth-order valence-electron chi connectivity index (χ4n) is 2.66. The van der Waals surface area contributed by atoms with E-state index in [1.54, 1.807) is 25.1 Å². The van der Waals surface area contributed by atoms with E-state index in [-0.39, 0.29) is 31.0 Å². The van der Waals surface area contributed by atoms with Crippen molar-refractivity contribution in [2.45, 2.75) is 32.7 Å². The molecule has 1 aromatic rings. The van der Waals surface area contributed by atoms with Crippen LogP contribution in [0.25, 0.3) is 0 Å². The van der Waals surface area contributed by atoms with E-state index < -0.39 is 0 Å². The van der Waals surface area contributed by atoms with Crippen molar-refractivity contribution in [1.82, 2.24) is 10.2 Å². The minimum Gasteiger partial charge on any atom is -0.465 e. The standard InChI is InChI=1S/C18H24Cl2N2O3/c1-3-25-18(24)11-22(9-13-4-5-13)10-17(23)21-12(2)15-7-6-14(19)8-16(15)20/h6-8,12-13H,3-5,9-11H2,1-2H3,(H,21,23). The van der Waals surface area contributed by atoms with E-state index in [2.05, 4.69) is 5.32 Å². The summed E-state index contributed by atoms with van der Waals surface area (Å²) in [6.45, 7) is 5.01. The molecule has 25 heavy (non-hydrogen) atoms. The summed E-state index contributed by atoms with van der Waals surface area (Å²) in [5.74, 6) is 0.124. The molecule has 1 aliphatic rings. The second kappa shape index (κ2) is 9.41. The second-order valence-corrected chi connectivity index (χ2v) is 7.22. The van der Waals surface area contributed by atoms with Crippen molar-refractivity contribution >= 4 is 35.1 Å². The number of benzene rings is 1. The third kappa shape index (κ3) is 6.84. The molecule has 2 rings (SSSR count). The fraction of sp³-hybridized carbons (Fsp3) is 0.556. The largest absolute Gasteiger partial charge is 0.465 e. The zero-order valence-electron chi connectivity index (χ0n) is 14.6. The van der Waals surface area contributed by atoms with Crippen LogP contribution in [-0.4, -0.2) is 43.0 Å². The van der Waals surface area contributed by atoms with Gasteiger partial charge in [0.25, 0.3) is 0 Å². The molecule has 1 N–H and O–H groups in total. The number of nitrogens with one attached hydrogen (secondary N) is 1. The van der Waals surface area contributed by atoms with Crippen LogP contribution in [0.4, 0.5) is 0 Å². The van der Waals surface area contributed by atoms with Crippen LogP contribution >= 0.6 is 23.2 Å². The first-order chi connectivity index (χ1) is 11.9. The molecular weight excluding hydrogens is 363 g/mol. The summed E-state index contributed by atoms with van der Waals surface area (Å²) in [5, 5.41) is 3.99. The van der Waals surface area contributed by atoms with Crippen molar-refractivity contribution < 1.29 is 14.3 Å². The molecule has 1 fully saturated rings. The van der Waals surface area contributed by atoms with Crippen LogP contribution in [0.5, 0.6) is 0 Å². The Morgan fingerprint density at radius 3 is 2.64 bits per heavy atom. The average molecular weight is 387 g/mol. The number of ether oxygens (including phenoxy) is 1. The van der Waals surface area contributed by atoms with Crippen molar-refractivity contribution in [1.29, 1.82) is 0 Å². The van der Waals surface area contributed by atoms with Crippen molar-refractivity contribution in [2.24, 2.45) is 5.92 Å². The average Bonchev–Trinajstić information content (AvgIpc) is 3.30. The van der Waals surface area contributed by atoms with Crippen molar-refractivity contribution in [3.8, 4) is 0 Å². The first-order valence-electron chi connectivity index (χ1n) is 8.51. The number of carbonyl (C=O) groups excluding carboxylic acids is 2. The van der Waals surface area contributed by atoms with Gasteiger partial charge < -0.3 is 10.1 Å². The number of hydrogen-bond donors (Lipinski definition) is 1. The molecule has 1 amide bonds. The molecule has 0 aromatic heterocycles. The molecule has 1 saturated carbocycles. The Morgan fingerprint density at radius 1 is 1.32 bits per heavy atom. The van der Waals surface area contributed by atoms with E-state index in [1.807, 2.05) is 11.8 Å². The summed E-state index contributed by atoms with van der Waals surface area (Å²) in [6, 6.07) is 4.95. The lowest BCUT2D eigenvalue weighted by molar-refractivity contribution is -0.144. The van der Waals surface area contributed by atoms with Crippen LogP contribution in [0.3, 0.4) is 0 Å². The number of nitrogens with zero attached hydrogens (tertiary/aromatic N) is 1. The molecule has 0 heterocycles. The highest BCUT2D eigenvalue weighted by atomic mass is 35.5. The molecule has 0 saturated heterocycles. The Hall–Kier alpha value is -1.30. The van der Waals surface area contributed by atoms with Gasteiger partial charge in [-0.15, -0.1) is 0 Å². The molecule has 1 atom stereocenters. The minimum absolute atomic E-state index is 0.133. The number of amides is 1. The molecule has 1 aliphatic carbocycles. The Bertz CT molecular complexity index is 620. The van der Waals surface area contributed by atoms with E-state index in [0.29, 0.717) is 22.6 Å². The van der Waals surface area contributed by atoms with Gasteiger partial charge in [-0.1, -0.05) is 29.3 Å². The number of esters is 1. The number of carbonyl (C=O) groups is 2. The molecule has 0 spiro atoms. The zero-order chi connectivity index (χ0) is 18.4. The van der Waals surface area contributed by atoms with Crippen LogP contribution < -0.4 is 5.32 Å². The van der Waals surface area contributed by atoms with Gasteiger partial charge in [0, 0.05) is 16.6 Å². The monoisotopic (exact) mass is 386 g/mol. The first-order valence-corrected chi connectivity index (χ1v) is 9.27. The topological polar surface area (TPSA) is 58.6 Å².